The fourth-order valence-corrected chi connectivity index (χ4v) is 1.54. The third-order valence-electron chi connectivity index (χ3n) is 2.73. The lowest BCUT2D eigenvalue weighted by molar-refractivity contribution is -0.145. The summed E-state index contributed by atoms with van der Waals surface area (Å²) >= 11 is 0. The fourth-order valence-electron chi connectivity index (χ4n) is 1.54. The summed E-state index contributed by atoms with van der Waals surface area (Å²) in [7, 11) is 1.60. The van der Waals surface area contributed by atoms with Gasteiger partial charge in [0.25, 0.3) is 0 Å². The van der Waals surface area contributed by atoms with Crippen LogP contribution < -0.4 is 5.32 Å². The van der Waals surface area contributed by atoms with Crippen molar-refractivity contribution in [1.82, 2.24) is 10.2 Å². The molecule has 0 aliphatic carbocycles. The van der Waals surface area contributed by atoms with Crippen molar-refractivity contribution in [1.29, 1.82) is 0 Å². The van der Waals surface area contributed by atoms with Crippen molar-refractivity contribution in [2.75, 3.05) is 26.7 Å². The van der Waals surface area contributed by atoms with Gasteiger partial charge in [-0.2, -0.15) is 0 Å². The lowest BCUT2D eigenvalue weighted by Crippen LogP contribution is -2.53. The van der Waals surface area contributed by atoms with E-state index in [0.717, 1.165) is 0 Å². The van der Waals surface area contributed by atoms with Gasteiger partial charge in [0.15, 0.2) is 0 Å². The van der Waals surface area contributed by atoms with Gasteiger partial charge in [-0.1, -0.05) is 6.92 Å². The Morgan fingerprint density at radius 2 is 2.14 bits per heavy atom. The molecular weight excluding hydrogens is 184 g/mol. The highest BCUT2D eigenvalue weighted by molar-refractivity contribution is 5.77. The van der Waals surface area contributed by atoms with E-state index in [1.54, 1.807) is 14.0 Å². The number of carbonyl (C=O) groups is 2. The summed E-state index contributed by atoms with van der Waals surface area (Å²) in [5.74, 6) is -0.894. The van der Waals surface area contributed by atoms with Crippen LogP contribution in [-0.4, -0.2) is 48.6 Å². The molecule has 0 spiro atoms. The van der Waals surface area contributed by atoms with Gasteiger partial charge in [-0.15, -0.1) is 0 Å². The average molecular weight is 200 g/mol. The maximum absolute atomic E-state index is 11.0. The number of carboxylic acids is 1. The molecule has 5 heteroatoms. The molecule has 0 radical (unpaired) electrons. The molecule has 1 atom stereocenters. The van der Waals surface area contributed by atoms with E-state index in [2.05, 4.69) is 5.32 Å². The molecular formula is C9H16N2O3. The Morgan fingerprint density at radius 3 is 2.57 bits per heavy atom. The number of nitrogens with one attached hydrogen (secondary N) is 1. The molecule has 0 saturated carbocycles. The number of carbonyl (C=O) groups excluding carboxylic acids is 1. The Bertz CT molecular complexity index is 236. The smallest absolute Gasteiger partial charge is 0.306 e. The topological polar surface area (TPSA) is 69.6 Å². The predicted octanol–water partition coefficient (Wildman–Crippen LogP) is -0.615. The van der Waals surface area contributed by atoms with Crippen LogP contribution in [-0.2, 0) is 9.59 Å². The molecule has 0 bridgehead atoms. The molecule has 80 valence electrons. The molecule has 2 N–H and O–H groups in total. The molecule has 1 aliphatic rings. The van der Waals surface area contributed by atoms with Gasteiger partial charge in [0.05, 0.1) is 12.5 Å². The highest BCUT2D eigenvalue weighted by Gasteiger charge is 2.34. The minimum Gasteiger partial charge on any atom is -0.481 e. The fraction of sp³-hybridized carbons (Fsp3) is 0.778. The number of carboxylic acid groups (broad SMARTS) is 1. The van der Waals surface area contributed by atoms with Gasteiger partial charge in [0, 0.05) is 20.1 Å². The zero-order chi connectivity index (χ0) is 10.7. The predicted molar refractivity (Wildman–Crippen MR) is 50.8 cm³/mol. The van der Waals surface area contributed by atoms with Crippen molar-refractivity contribution < 1.29 is 14.7 Å². The van der Waals surface area contributed by atoms with E-state index in [4.69, 9.17) is 5.11 Å². The molecule has 1 saturated heterocycles. The molecule has 14 heavy (non-hydrogen) atoms. The van der Waals surface area contributed by atoms with Crippen LogP contribution in [0, 0.1) is 11.8 Å². The van der Waals surface area contributed by atoms with Crippen LogP contribution >= 0.6 is 0 Å². The average Bonchev–Trinajstić information content (AvgIpc) is 2.08. The quantitative estimate of drug-likeness (QED) is 0.635. The summed E-state index contributed by atoms with van der Waals surface area (Å²) in [6.45, 7) is 3.51. The standard InChI is InChI=1S/C9H16N2O3/c1-6(9(13)14)7-3-11(4-7)5-8(12)10-2/h6-7H,3-5H2,1-2H3,(H,10,12)(H,13,14). The minimum absolute atomic E-state index is 0.0218. The Kier molecular flexibility index (Phi) is 3.46. The number of nitrogens with zero attached hydrogens (tertiary/aromatic N) is 1. The number of likely N-dealkylation sites (N-methyl/N-ethyl adjacent to an activating group) is 1. The van der Waals surface area contributed by atoms with Crippen molar-refractivity contribution in [3.05, 3.63) is 0 Å². The Balaban J connectivity index is 2.23. The summed E-state index contributed by atoms with van der Waals surface area (Å²) in [5, 5.41) is 11.3. The van der Waals surface area contributed by atoms with E-state index in [-0.39, 0.29) is 17.7 Å². The summed E-state index contributed by atoms with van der Waals surface area (Å²) < 4.78 is 0. The first-order valence-electron chi connectivity index (χ1n) is 4.70. The van der Waals surface area contributed by atoms with Gasteiger partial charge < -0.3 is 10.4 Å². The Hall–Kier alpha value is -1.10. The lowest BCUT2D eigenvalue weighted by atomic mass is 9.87. The van der Waals surface area contributed by atoms with Gasteiger partial charge in [-0.05, 0) is 5.92 Å². The molecule has 1 amide bonds. The largest absolute Gasteiger partial charge is 0.481 e. The molecule has 1 heterocycles. The molecule has 0 aromatic heterocycles. The zero-order valence-electron chi connectivity index (χ0n) is 8.49. The number of hydrogen-bond donors (Lipinski definition) is 2. The molecule has 1 unspecified atom stereocenters. The van der Waals surface area contributed by atoms with E-state index in [0.29, 0.717) is 19.6 Å². The molecule has 5 nitrogen and oxygen atoms in total. The molecule has 0 aromatic rings. The second kappa shape index (κ2) is 4.41. The summed E-state index contributed by atoms with van der Waals surface area (Å²) in [6.07, 6.45) is 0. The highest BCUT2D eigenvalue weighted by Crippen LogP contribution is 2.23. The number of amides is 1. The first kappa shape index (κ1) is 11.0. The van der Waals surface area contributed by atoms with Crippen LogP contribution in [0.2, 0.25) is 0 Å². The Morgan fingerprint density at radius 1 is 1.57 bits per heavy atom. The Labute approximate surface area is 83.1 Å². The lowest BCUT2D eigenvalue weighted by Gasteiger charge is -2.40. The van der Waals surface area contributed by atoms with Gasteiger partial charge in [-0.3, -0.25) is 14.5 Å². The van der Waals surface area contributed by atoms with Crippen molar-refractivity contribution in [2.24, 2.45) is 11.8 Å². The van der Waals surface area contributed by atoms with Crippen molar-refractivity contribution in [2.45, 2.75) is 6.92 Å². The maximum atomic E-state index is 11.0. The number of likely N-dealkylation sites (tertiary alicyclic amines) is 1. The van der Waals surface area contributed by atoms with Crippen LogP contribution in [0.1, 0.15) is 6.92 Å². The number of hydrogen-bond acceptors (Lipinski definition) is 3. The summed E-state index contributed by atoms with van der Waals surface area (Å²) in [5.41, 5.74) is 0. The molecule has 1 aliphatic heterocycles. The van der Waals surface area contributed by atoms with Crippen LogP contribution in [0.4, 0.5) is 0 Å². The zero-order valence-corrected chi connectivity index (χ0v) is 8.49. The van der Waals surface area contributed by atoms with E-state index in [1.165, 1.54) is 0 Å². The second-order valence-electron chi connectivity index (χ2n) is 3.75. The number of rotatable bonds is 4. The van der Waals surface area contributed by atoms with Crippen LogP contribution in [0.3, 0.4) is 0 Å². The van der Waals surface area contributed by atoms with Crippen LogP contribution in [0.5, 0.6) is 0 Å². The van der Waals surface area contributed by atoms with Gasteiger partial charge in [-0.25, -0.2) is 0 Å². The van der Waals surface area contributed by atoms with Crippen LogP contribution in [0.15, 0.2) is 0 Å². The van der Waals surface area contributed by atoms with Gasteiger partial charge >= 0.3 is 5.97 Å². The van der Waals surface area contributed by atoms with E-state index in [1.807, 2.05) is 4.90 Å². The number of aliphatic carboxylic acids is 1. The second-order valence-corrected chi connectivity index (χ2v) is 3.75. The summed E-state index contributed by atoms with van der Waals surface area (Å²) in [4.78, 5) is 23.5. The van der Waals surface area contributed by atoms with Crippen molar-refractivity contribution in [3.8, 4) is 0 Å². The van der Waals surface area contributed by atoms with Crippen molar-refractivity contribution >= 4 is 11.9 Å². The van der Waals surface area contributed by atoms with Gasteiger partial charge in [0.2, 0.25) is 5.91 Å². The maximum Gasteiger partial charge on any atom is 0.306 e. The SMILES string of the molecule is CNC(=O)CN1CC(C(C)C(=O)O)C1. The van der Waals surface area contributed by atoms with E-state index >= 15 is 0 Å². The molecule has 1 fully saturated rings. The minimum atomic E-state index is -0.755. The normalized spacial score (nSPS) is 19.9. The first-order valence-corrected chi connectivity index (χ1v) is 4.70. The first-order chi connectivity index (χ1) is 6.54. The van der Waals surface area contributed by atoms with Gasteiger partial charge in [0.1, 0.15) is 0 Å². The van der Waals surface area contributed by atoms with E-state index in [9.17, 15) is 9.59 Å². The monoisotopic (exact) mass is 200 g/mol. The summed E-state index contributed by atoms with van der Waals surface area (Å²) in [6, 6.07) is 0. The van der Waals surface area contributed by atoms with Crippen LogP contribution in [0.25, 0.3) is 0 Å². The van der Waals surface area contributed by atoms with E-state index < -0.39 is 5.97 Å². The molecule has 1 rings (SSSR count). The third-order valence-corrected chi connectivity index (χ3v) is 2.73. The van der Waals surface area contributed by atoms with Crippen molar-refractivity contribution in [3.63, 3.8) is 0 Å². The molecule has 0 aromatic carbocycles. The highest BCUT2D eigenvalue weighted by atomic mass is 16.4. The third kappa shape index (κ3) is 2.45.